The molecule has 0 saturated carbocycles. The molecule has 26 heavy (non-hydrogen) atoms. The molecular weight excluding hydrogens is 368 g/mol. The molecule has 3 rings (SSSR count). The fraction of sp³-hybridized carbons (Fsp3) is 0.211. The van der Waals surface area contributed by atoms with Gasteiger partial charge < -0.3 is 4.74 Å². The van der Waals surface area contributed by atoms with Crippen molar-refractivity contribution < 1.29 is 4.74 Å². The third kappa shape index (κ3) is 5.34. The molecule has 134 valence electrons. The number of nitrogens with zero attached hydrogens (tertiary/aromatic N) is 4. The van der Waals surface area contributed by atoms with Gasteiger partial charge in [-0.25, -0.2) is 0 Å². The number of ether oxygens (including phenoxy) is 1. The summed E-state index contributed by atoms with van der Waals surface area (Å²) in [6.07, 6.45) is 4.37. The Kier molecular flexibility index (Phi) is 6.68. The summed E-state index contributed by atoms with van der Waals surface area (Å²) in [7, 11) is 0. The Balaban J connectivity index is 1.60. The maximum atomic E-state index is 5.91. The lowest BCUT2D eigenvalue weighted by atomic mass is 10.2. The van der Waals surface area contributed by atoms with Crippen LogP contribution in [0.3, 0.4) is 0 Å². The summed E-state index contributed by atoms with van der Waals surface area (Å²) >= 11 is 7.48. The highest BCUT2D eigenvalue weighted by Gasteiger charge is 2.04. The summed E-state index contributed by atoms with van der Waals surface area (Å²) in [4.78, 5) is 0. The molecule has 2 aromatic carbocycles. The number of aromatic nitrogens is 3. The van der Waals surface area contributed by atoms with Crippen LogP contribution >= 0.6 is 23.4 Å². The molecule has 0 spiro atoms. The first kappa shape index (κ1) is 18.5. The molecule has 0 unspecified atom stereocenters. The van der Waals surface area contributed by atoms with E-state index in [1.807, 2.05) is 48.5 Å². The highest BCUT2D eigenvalue weighted by Crippen LogP contribution is 2.21. The van der Waals surface area contributed by atoms with Crippen molar-refractivity contribution in [3.8, 4) is 5.75 Å². The van der Waals surface area contributed by atoms with Gasteiger partial charge in [0.2, 0.25) is 5.16 Å². The molecule has 0 atom stereocenters. The normalized spacial score (nSPS) is 11.2. The van der Waals surface area contributed by atoms with Gasteiger partial charge in [-0.15, -0.1) is 10.2 Å². The molecule has 1 aromatic heterocycles. The van der Waals surface area contributed by atoms with Crippen LogP contribution in [0.1, 0.15) is 24.5 Å². The molecule has 7 heteroatoms. The zero-order valence-electron chi connectivity index (χ0n) is 14.4. The van der Waals surface area contributed by atoms with Crippen LogP contribution in [0.15, 0.2) is 65.1 Å². The van der Waals surface area contributed by atoms with Gasteiger partial charge in [0.1, 0.15) is 12.1 Å². The predicted molar refractivity (Wildman–Crippen MR) is 106 cm³/mol. The minimum Gasteiger partial charge on any atom is -0.494 e. The lowest BCUT2D eigenvalue weighted by Gasteiger charge is -2.04. The molecule has 0 bridgehead atoms. The Bertz CT molecular complexity index is 847. The Morgan fingerprint density at radius 1 is 1.15 bits per heavy atom. The Morgan fingerprint density at radius 3 is 2.65 bits per heavy atom. The molecule has 0 N–H and O–H groups in total. The van der Waals surface area contributed by atoms with Gasteiger partial charge in [-0.3, -0.25) is 0 Å². The summed E-state index contributed by atoms with van der Waals surface area (Å²) in [5.74, 6) is 1.64. The monoisotopic (exact) mass is 386 g/mol. The van der Waals surface area contributed by atoms with E-state index in [1.165, 1.54) is 5.56 Å². The maximum absolute atomic E-state index is 5.91. The van der Waals surface area contributed by atoms with E-state index in [2.05, 4.69) is 22.2 Å². The van der Waals surface area contributed by atoms with Gasteiger partial charge in [-0.1, -0.05) is 42.4 Å². The second-order valence-corrected chi connectivity index (χ2v) is 6.91. The van der Waals surface area contributed by atoms with Crippen molar-refractivity contribution in [1.82, 2.24) is 14.9 Å². The predicted octanol–water partition coefficient (Wildman–Crippen LogP) is 4.89. The minimum atomic E-state index is 0.725. The minimum absolute atomic E-state index is 0.725. The first-order chi connectivity index (χ1) is 12.7. The third-order valence-electron chi connectivity index (χ3n) is 3.47. The van der Waals surface area contributed by atoms with E-state index in [0.29, 0.717) is 0 Å². The SMILES string of the molecule is CCCOc1ccc(/C=N/n2cnnc2SCc2ccc(Cl)cc2)cc1. The van der Waals surface area contributed by atoms with Crippen LogP contribution in [-0.4, -0.2) is 27.7 Å². The molecule has 0 aliphatic heterocycles. The van der Waals surface area contributed by atoms with E-state index in [0.717, 1.165) is 40.3 Å². The van der Waals surface area contributed by atoms with E-state index in [-0.39, 0.29) is 0 Å². The first-order valence-corrected chi connectivity index (χ1v) is 9.65. The van der Waals surface area contributed by atoms with Gasteiger partial charge in [-0.2, -0.15) is 9.78 Å². The summed E-state index contributed by atoms with van der Waals surface area (Å²) in [5.41, 5.74) is 2.15. The number of thioether (sulfide) groups is 1. The van der Waals surface area contributed by atoms with Crippen LogP contribution in [0.25, 0.3) is 0 Å². The second-order valence-electron chi connectivity index (χ2n) is 5.54. The highest BCUT2D eigenvalue weighted by molar-refractivity contribution is 7.98. The van der Waals surface area contributed by atoms with E-state index in [4.69, 9.17) is 16.3 Å². The third-order valence-corrected chi connectivity index (χ3v) is 4.72. The maximum Gasteiger partial charge on any atom is 0.212 e. The molecule has 1 heterocycles. The molecule has 0 saturated heterocycles. The molecule has 0 fully saturated rings. The van der Waals surface area contributed by atoms with Gasteiger partial charge >= 0.3 is 0 Å². The Morgan fingerprint density at radius 2 is 1.92 bits per heavy atom. The average Bonchev–Trinajstić information content (AvgIpc) is 3.12. The molecular formula is C19H19ClN4OS. The fourth-order valence-electron chi connectivity index (χ4n) is 2.12. The van der Waals surface area contributed by atoms with E-state index >= 15 is 0 Å². The van der Waals surface area contributed by atoms with Crippen LogP contribution in [0.4, 0.5) is 0 Å². The lowest BCUT2D eigenvalue weighted by molar-refractivity contribution is 0.317. The van der Waals surface area contributed by atoms with E-state index in [1.54, 1.807) is 29.0 Å². The van der Waals surface area contributed by atoms with Crippen molar-refractivity contribution in [2.75, 3.05) is 6.61 Å². The van der Waals surface area contributed by atoms with Crippen molar-refractivity contribution in [3.05, 3.63) is 71.0 Å². The van der Waals surface area contributed by atoms with Crippen molar-refractivity contribution in [2.45, 2.75) is 24.3 Å². The topological polar surface area (TPSA) is 52.3 Å². The van der Waals surface area contributed by atoms with Crippen molar-refractivity contribution in [1.29, 1.82) is 0 Å². The fourth-order valence-corrected chi connectivity index (χ4v) is 3.07. The number of hydrogen-bond acceptors (Lipinski definition) is 5. The summed E-state index contributed by atoms with van der Waals surface area (Å²) in [6, 6.07) is 15.6. The summed E-state index contributed by atoms with van der Waals surface area (Å²) in [5, 5.41) is 14.0. The Hall–Kier alpha value is -2.31. The number of halogens is 1. The van der Waals surface area contributed by atoms with E-state index < -0.39 is 0 Å². The van der Waals surface area contributed by atoms with Gasteiger partial charge in [0.05, 0.1) is 12.8 Å². The average molecular weight is 387 g/mol. The first-order valence-electron chi connectivity index (χ1n) is 8.29. The van der Waals surface area contributed by atoms with Crippen molar-refractivity contribution in [2.24, 2.45) is 5.10 Å². The van der Waals surface area contributed by atoms with Gasteiger partial charge in [-0.05, 0) is 53.9 Å². The van der Waals surface area contributed by atoms with Crippen molar-refractivity contribution in [3.63, 3.8) is 0 Å². The smallest absolute Gasteiger partial charge is 0.212 e. The van der Waals surface area contributed by atoms with Crippen molar-refractivity contribution >= 4 is 29.6 Å². The zero-order chi connectivity index (χ0) is 18.2. The number of benzene rings is 2. The molecule has 5 nitrogen and oxygen atoms in total. The van der Waals surface area contributed by atoms with Gasteiger partial charge in [0, 0.05) is 10.8 Å². The van der Waals surface area contributed by atoms with Crippen LogP contribution in [0, 0.1) is 0 Å². The molecule has 0 aliphatic rings. The molecule has 0 aliphatic carbocycles. The number of rotatable bonds is 8. The Labute approximate surface area is 162 Å². The quantitative estimate of drug-likeness (QED) is 0.408. The number of hydrogen-bond donors (Lipinski definition) is 0. The van der Waals surface area contributed by atoms with Crippen LogP contribution in [0.5, 0.6) is 5.75 Å². The lowest BCUT2D eigenvalue weighted by Crippen LogP contribution is -1.95. The zero-order valence-corrected chi connectivity index (χ0v) is 16.0. The summed E-state index contributed by atoms with van der Waals surface area (Å²) in [6.45, 7) is 2.81. The van der Waals surface area contributed by atoms with Crippen LogP contribution in [-0.2, 0) is 5.75 Å². The molecule has 3 aromatic rings. The molecule has 0 radical (unpaired) electrons. The summed E-state index contributed by atoms with van der Waals surface area (Å²) < 4.78 is 7.25. The highest BCUT2D eigenvalue weighted by atomic mass is 35.5. The van der Waals surface area contributed by atoms with Gasteiger partial charge in [0.15, 0.2) is 0 Å². The molecule has 0 amide bonds. The van der Waals surface area contributed by atoms with Crippen LogP contribution in [0.2, 0.25) is 5.02 Å². The van der Waals surface area contributed by atoms with Crippen LogP contribution < -0.4 is 4.74 Å². The van der Waals surface area contributed by atoms with E-state index in [9.17, 15) is 0 Å². The largest absolute Gasteiger partial charge is 0.494 e. The van der Waals surface area contributed by atoms with Gasteiger partial charge in [0.25, 0.3) is 0 Å². The standard InChI is InChI=1S/C19H19ClN4OS/c1-2-11-25-18-9-5-15(6-10-18)12-22-24-14-21-23-19(24)26-13-16-3-7-17(20)8-4-16/h3-10,12,14H,2,11,13H2,1H3/b22-12+. The second kappa shape index (κ2) is 9.40.